The third kappa shape index (κ3) is 4.83. The van der Waals surface area contributed by atoms with Crippen LogP contribution in [0.3, 0.4) is 0 Å². The number of methoxy groups -OCH3 is 1. The SMILES string of the molecule is COc1cc(C(=O)N2CCC[C@@H](N)C2)cn2nc(-c3cc4ccc(-c5ccccc5C(N)=O)cc4n3CC3CC3)c(C)c12. The van der Waals surface area contributed by atoms with E-state index in [0.29, 0.717) is 35.9 Å². The van der Waals surface area contributed by atoms with Crippen LogP contribution in [0.5, 0.6) is 5.75 Å². The number of benzene rings is 2. The van der Waals surface area contributed by atoms with Crippen LogP contribution in [0.2, 0.25) is 0 Å². The molecule has 4 heterocycles. The number of amides is 2. The molecule has 0 radical (unpaired) electrons. The average molecular weight is 577 g/mol. The number of ether oxygens (including phenoxy) is 1. The second-order valence-electron chi connectivity index (χ2n) is 12.0. The molecular formula is C34H36N6O3. The second-order valence-corrected chi connectivity index (χ2v) is 12.0. The van der Waals surface area contributed by atoms with Gasteiger partial charge in [-0.15, -0.1) is 0 Å². The monoisotopic (exact) mass is 576 g/mol. The fourth-order valence-electron chi connectivity index (χ4n) is 6.50. The molecule has 7 rings (SSSR count). The number of carbonyl (C=O) groups is 2. The number of hydrogen-bond acceptors (Lipinski definition) is 5. The van der Waals surface area contributed by atoms with Crippen LogP contribution in [0.15, 0.2) is 60.8 Å². The lowest BCUT2D eigenvalue weighted by Gasteiger charge is -2.30. The average Bonchev–Trinajstić information content (AvgIpc) is 3.69. The summed E-state index contributed by atoms with van der Waals surface area (Å²) in [5, 5.41) is 6.15. The Labute approximate surface area is 250 Å². The van der Waals surface area contributed by atoms with Gasteiger partial charge >= 0.3 is 0 Å². The minimum Gasteiger partial charge on any atom is -0.494 e. The fraction of sp³-hybridized carbons (Fsp3) is 0.324. The first kappa shape index (κ1) is 27.2. The van der Waals surface area contributed by atoms with E-state index in [-0.39, 0.29) is 11.9 Å². The van der Waals surface area contributed by atoms with Crippen LogP contribution in [0.4, 0.5) is 0 Å². The minimum atomic E-state index is -0.444. The molecule has 1 aliphatic carbocycles. The van der Waals surface area contributed by atoms with Crippen LogP contribution in [-0.2, 0) is 6.54 Å². The number of nitrogens with zero attached hydrogens (tertiary/aromatic N) is 4. The highest BCUT2D eigenvalue weighted by Gasteiger charge is 2.28. The molecule has 2 aliphatic rings. The fourth-order valence-corrected chi connectivity index (χ4v) is 6.50. The Balaban J connectivity index is 1.36. The molecule has 0 bridgehead atoms. The second kappa shape index (κ2) is 10.6. The van der Waals surface area contributed by atoms with Gasteiger partial charge in [-0.1, -0.05) is 30.3 Å². The van der Waals surface area contributed by atoms with Gasteiger partial charge in [0.05, 0.1) is 18.4 Å². The van der Waals surface area contributed by atoms with E-state index < -0.39 is 5.91 Å². The van der Waals surface area contributed by atoms with E-state index in [4.69, 9.17) is 21.3 Å². The van der Waals surface area contributed by atoms with Crippen molar-refractivity contribution in [2.75, 3.05) is 20.2 Å². The summed E-state index contributed by atoms with van der Waals surface area (Å²) < 4.78 is 9.95. The van der Waals surface area contributed by atoms with E-state index in [9.17, 15) is 9.59 Å². The Bertz CT molecular complexity index is 1900. The van der Waals surface area contributed by atoms with Gasteiger partial charge in [0.15, 0.2) is 0 Å². The van der Waals surface area contributed by atoms with Gasteiger partial charge in [0, 0.05) is 53.9 Å². The van der Waals surface area contributed by atoms with Gasteiger partial charge in [-0.2, -0.15) is 5.10 Å². The molecule has 1 atom stereocenters. The van der Waals surface area contributed by atoms with E-state index in [1.54, 1.807) is 17.7 Å². The predicted octanol–water partition coefficient (Wildman–Crippen LogP) is 5.01. The van der Waals surface area contributed by atoms with Gasteiger partial charge in [-0.25, -0.2) is 4.52 Å². The van der Waals surface area contributed by atoms with Crippen molar-refractivity contribution in [3.63, 3.8) is 0 Å². The zero-order valence-corrected chi connectivity index (χ0v) is 24.5. The highest BCUT2D eigenvalue weighted by molar-refractivity contribution is 6.01. The van der Waals surface area contributed by atoms with Gasteiger partial charge < -0.3 is 25.7 Å². The first-order valence-corrected chi connectivity index (χ1v) is 15.0. The summed E-state index contributed by atoms with van der Waals surface area (Å²) in [5.74, 6) is 0.721. The molecule has 43 heavy (non-hydrogen) atoms. The van der Waals surface area contributed by atoms with Crippen molar-refractivity contribution in [2.45, 2.75) is 45.2 Å². The molecule has 0 spiro atoms. The summed E-state index contributed by atoms with van der Waals surface area (Å²) in [6, 6.07) is 17.7. The smallest absolute Gasteiger partial charge is 0.255 e. The summed E-state index contributed by atoms with van der Waals surface area (Å²) in [6.45, 7) is 4.18. The number of piperidine rings is 1. The van der Waals surface area contributed by atoms with Crippen LogP contribution in [0.1, 0.15) is 52.0 Å². The first-order chi connectivity index (χ1) is 20.8. The standard InChI is InChI=1S/C34H36N6O3/c1-20-31(37-40-18-24(16-30(43-2)32(20)40)34(42)38-13-5-6-25(35)19-38)29-15-23-12-11-22(14-28(23)39(29)17-21-9-10-21)26-7-3-4-8-27(26)33(36)41/h3-4,7-8,11-12,14-16,18,21,25H,5-6,9-10,13,17,19,35H2,1-2H3,(H2,36,41)/t25-/m1/s1. The highest BCUT2D eigenvalue weighted by atomic mass is 16.5. The predicted molar refractivity (Wildman–Crippen MR) is 167 cm³/mol. The molecule has 220 valence electrons. The molecule has 4 N–H and O–H groups in total. The molecule has 9 heteroatoms. The number of aryl methyl sites for hydroxylation is 1. The zero-order chi connectivity index (χ0) is 29.8. The van der Waals surface area contributed by atoms with Crippen molar-refractivity contribution < 1.29 is 14.3 Å². The van der Waals surface area contributed by atoms with Crippen LogP contribution in [0, 0.1) is 12.8 Å². The topological polar surface area (TPSA) is 121 Å². The number of likely N-dealkylation sites (tertiary alicyclic amines) is 1. The van der Waals surface area contributed by atoms with Crippen molar-refractivity contribution in [1.29, 1.82) is 0 Å². The molecule has 2 amide bonds. The summed E-state index contributed by atoms with van der Waals surface area (Å²) >= 11 is 0. The van der Waals surface area contributed by atoms with Gasteiger partial charge in [0.25, 0.3) is 5.91 Å². The molecule has 2 fully saturated rings. The normalized spacial score (nSPS) is 17.1. The maximum atomic E-state index is 13.5. The highest BCUT2D eigenvalue weighted by Crippen LogP contribution is 2.39. The number of aromatic nitrogens is 3. The number of primary amides is 1. The van der Waals surface area contributed by atoms with Crippen molar-refractivity contribution in [3.05, 3.63) is 77.5 Å². The van der Waals surface area contributed by atoms with E-state index in [1.807, 2.05) is 41.4 Å². The Morgan fingerprint density at radius 1 is 1.07 bits per heavy atom. The van der Waals surface area contributed by atoms with Gasteiger partial charge in [-0.3, -0.25) is 9.59 Å². The van der Waals surface area contributed by atoms with Crippen molar-refractivity contribution in [1.82, 2.24) is 19.1 Å². The number of fused-ring (bicyclic) bond motifs is 2. The third-order valence-electron chi connectivity index (χ3n) is 8.93. The molecule has 2 aromatic carbocycles. The molecule has 0 unspecified atom stereocenters. The lowest BCUT2D eigenvalue weighted by atomic mass is 9.98. The van der Waals surface area contributed by atoms with Crippen LogP contribution < -0.4 is 16.2 Å². The van der Waals surface area contributed by atoms with Crippen molar-refractivity contribution in [2.24, 2.45) is 17.4 Å². The lowest BCUT2D eigenvalue weighted by Crippen LogP contribution is -2.45. The molecular weight excluding hydrogens is 540 g/mol. The molecule has 1 aliphatic heterocycles. The van der Waals surface area contributed by atoms with E-state index in [0.717, 1.165) is 63.9 Å². The lowest BCUT2D eigenvalue weighted by molar-refractivity contribution is 0.0707. The molecule has 1 saturated carbocycles. The number of pyridine rings is 1. The van der Waals surface area contributed by atoms with Gasteiger partial charge in [0.1, 0.15) is 17.0 Å². The molecule has 3 aromatic heterocycles. The van der Waals surface area contributed by atoms with E-state index in [2.05, 4.69) is 29.7 Å². The zero-order valence-electron chi connectivity index (χ0n) is 24.5. The number of rotatable bonds is 7. The number of nitrogens with two attached hydrogens (primary N) is 2. The molecule has 9 nitrogen and oxygen atoms in total. The summed E-state index contributed by atoms with van der Waals surface area (Å²) in [4.78, 5) is 27.5. The van der Waals surface area contributed by atoms with Crippen LogP contribution in [0.25, 0.3) is 38.9 Å². The quantitative estimate of drug-likeness (QED) is 0.282. The van der Waals surface area contributed by atoms with E-state index >= 15 is 0 Å². The Morgan fingerprint density at radius 3 is 2.63 bits per heavy atom. The molecule has 5 aromatic rings. The van der Waals surface area contributed by atoms with Gasteiger partial charge in [-0.05, 0) is 73.9 Å². The van der Waals surface area contributed by atoms with Crippen molar-refractivity contribution >= 4 is 28.2 Å². The Kier molecular flexibility index (Phi) is 6.69. The summed E-state index contributed by atoms with van der Waals surface area (Å²) in [5.41, 5.74) is 19.4. The van der Waals surface area contributed by atoms with Crippen LogP contribution >= 0.6 is 0 Å². The number of carbonyl (C=O) groups excluding carboxylic acids is 2. The maximum absolute atomic E-state index is 13.5. The minimum absolute atomic E-state index is 0.0000494. The third-order valence-corrected chi connectivity index (χ3v) is 8.93. The Hall–Kier alpha value is -4.63. The van der Waals surface area contributed by atoms with E-state index in [1.165, 1.54) is 12.8 Å². The number of hydrogen-bond donors (Lipinski definition) is 2. The van der Waals surface area contributed by atoms with Gasteiger partial charge in [0.2, 0.25) is 5.91 Å². The van der Waals surface area contributed by atoms with Crippen LogP contribution in [-0.4, -0.2) is 57.1 Å². The Morgan fingerprint density at radius 2 is 1.88 bits per heavy atom. The largest absolute Gasteiger partial charge is 0.494 e. The summed E-state index contributed by atoms with van der Waals surface area (Å²) in [7, 11) is 1.63. The maximum Gasteiger partial charge on any atom is 0.255 e. The van der Waals surface area contributed by atoms with Crippen molar-refractivity contribution in [3.8, 4) is 28.3 Å². The molecule has 1 saturated heterocycles. The summed E-state index contributed by atoms with van der Waals surface area (Å²) in [6.07, 6.45) is 6.05. The first-order valence-electron chi connectivity index (χ1n) is 15.0.